The number of nitrogens with zero attached hydrogens (tertiary/aromatic N) is 1. The van der Waals surface area contributed by atoms with E-state index in [0.29, 0.717) is 18.7 Å². The third-order valence-corrected chi connectivity index (χ3v) is 2.06. The normalized spacial score (nSPS) is 12.6. The van der Waals surface area contributed by atoms with E-state index in [2.05, 4.69) is 10.3 Å². The van der Waals surface area contributed by atoms with Crippen molar-refractivity contribution in [2.75, 3.05) is 11.9 Å². The van der Waals surface area contributed by atoms with Gasteiger partial charge in [0, 0.05) is 6.54 Å². The average Bonchev–Trinajstić information content (AvgIpc) is 2.28. The Bertz CT molecular complexity index is 440. The Balaban J connectivity index is 2.95. The zero-order chi connectivity index (χ0) is 13.8. The first-order chi connectivity index (χ1) is 8.34. The van der Waals surface area contributed by atoms with E-state index in [1.54, 1.807) is 0 Å². The van der Waals surface area contributed by atoms with Gasteiger partial charge in [-0.3, -0.25) is 4.99 Å². The molecule has 0 aliphatic rings. The highest BCUT2D eigenvalue weighted by atomic mass is 19.4. The molecule has 1 aromatic rings. The standard InChI is InChI=1S/C11H13F4N3/c1-2-5-17-10(16)18-9-6-7(11(13,14)15)3-4-8(9)12/h3-4,6H,2,5H2,1H3,(H3,16,17,18). The molecule has 0 atom stereocenters. The molecule has 1 aromatic carbocycles. The highest BCUT2D eigenvalue weighted by Gasteiger charge is 2.31. The van der Waals surface area contributed by atoms with Crippen molar-refractivity contribution in [2.24, 2.45) is 10.7 Å². The maximum Gasteiger partial charge on any atom is 0.416 e. The molecule has 0 saturated carbocycles. The van der Waals surface area contributed by atoms with Crippen molar-refractivity contribution in [2.45, 2.75) is 19.5 Å². The fourth-order valence-corrected chi connectivity index (χ4v) is 1.21. The second-order valence-electron chi connectivity index (χ2n) is 3.58. The van der Waals surface area contributed by atoms with Crippen LogP contribution in [0, 0.1) is 5.82 Å². The van der Waals surface area contributed by atoms with Gasteiger partial charge in [0.1, 0.15) is 5.82 Å². The second-order valence-corrected chi connectivity index (χ2v) is 3.58. The summed E-state index contributed by atoms with van der Waals surface area (Å²) >= 11 is 0. The van der Waals surface area contributed by atoms with Crippen molar-refractivity contribution in [3.05, 3.63) is 29.6 Å². The van der Waals surface area contributed by atoms with Crippen LogP contribution in [0.1, 0.15) is 18.9 Å². The Morgan fingerprint density at radius 3 is 2.61 bits per heavy atom. The number of nitrogens with one attached hydrogen (secondary N) is 1. The van der Waals surface area contributed by atoms with Crippen LogP contribution in [0.15, 0.2) is 23.2 Å². The average molecular weight is 263 g/mol. The molecule has 0 saturated heterocycles. The first-order valence-electron chi connectivity index (χ1n) is 5.28. The van der Waals surface area contributed by atoms with Crippen LogP contribution >= 0.6 is 0 Å². The number of aliphatic imine (C=N–C) groups is 1. The number of rotatable bonds is 3. The molecule has 1 rings (SSSR count). The van der Waals surface area contributed by atoms with Gasteiger partial charge in [-0.15, -0.1) is 0 Å². The predicted octanol–water partition coefficient (Wildman–Crippen LogP) is 2.98. The molecule has 0 aromatic heterocycles. The number of hydrogen-bond acceptors (Lipinski definition) is 1. The summed E-state index contributed by atoms with van der Waals surface area (Å²) in [5.74, 6) is -0.937. The van der Waals surface area contributed by atoms with E-state index >= 15 is 0 Å². The lowest BCUT2D eigenvalue weighted by atomic mass is 10.2. The van der Waals surface area contributed by atoms with E-state index < -0.39 is 17.6 Å². The van der Waals surface area contributed by atoms with E-state index in [4.69, 9.17) is 5.73 Å². The summed E-state index contributed by atoms with van der Waals surface area (Å²) in [6.07, 6.45) is -3.80. The maximum atomic E-state index is 13.3. The van der Waals surface area contributed by atoms with Crippen molar-refractivity contribution in [1.29, 1.82) is 0 Å². The molecule has 100 valence electrons. The zero-order valence-electron chi connectivity index (χ0n) is 9.68. The highest BCUT2D eigenvalue weighted by Crippen LogP contribution is 2.31. The van der Waals surface area contributed by atoms with Gasteiger partial charge in [-0.25, -0.2) is 4.39 Å². The molecule has 0 heterocycles. The molecule has 0 unspecified atom stereocenters. The molecule has 0 aliphatic heterocycles. The summed E-state index contributed by atoms with van der Waals surface area (Å²) in [5, 5.41) is 2.31. The lowest BCUT2D eigenvalue weighted by molar-refractivity contribution is -0.137. The van der Waals surface area contributed by atoms with Crippen LogP contribution in [0.2, 0.25) is 0 Å². The van der Waals surface area contributed by atoms with E-state index in [1.165, 1.54) is 0 Å². The molecular formula is C11H13F4N3. The van der Waals surface area contributed by atoms with Gasteiger partial charge in [0.15, 0.2) is 5.96 Å². The van der Waals surface area contributed by atoms with E-state index in [1.807, 2.05) is 6.92 Å². The van der Waals surface area contributed by atoms with Crippen molar-refractivity contribution >= 4 is 11.6 Å². The van der Waals surface area contributed by atoms with Crippen LogP contribution in [-0.2, 0) is 6.18 Å². The van der Waals surface area contributed by atoms with Crippen molar-refractivity contribution in [3.63, 3.8) is 0 Å². The maximum absolute atomic E-state index is 13.3. The fourth-order valence-electron chi connectivity index (χ4n) is 1.21. The third kappa shape index (κ3) is 3.90. The van der Waals surface area contributed by atoms with Gasteiger partial charge < -0.3 is 11.1 Å². The summed E-state index contributed by atoms with van der Waals surface area (Å²) in [5.41, 5.74) is 4.12. The monoisotopic (exact) mass is 263 g/mol. The number of benzene rings is 1. The number of anilines is 1. The third-order valence-electron chi connectivity index (χ3n) is 2.06. The van der Waals surface area contributed by atoms with Gasteiger partial charge in [0.05, 0.1) is 11.3 Å². The summed E-state index contributed by atoms with van der Waals surface area (Å²) in [4.78, 5) is 3.81. The van der Waals surface area contributed by atoms with Gasteiger partial charge in [-0.1, -0.05) is 6.92 Å². The highest BCUT2D eigenvalue weighted by molar-refractivity contribution is 5.92. The number of guanidine groups is 1. The minimum Gasteiger partial charge on any atom is -0.370 e. The molecule has 7 heteroatoms. The van der Waals surface area contributed by atoms with Gasteiger partial charge >= 0.3 is 6.18 Å². The Hall–Kier alpha value is -1.79. The van der Waals surface area contributed by atoms with Crippen LogP contribution in [0.3, 0.4) is 0 Å². The molecule has 3 nitrogen and oxygen atoms in total. The molecule has 0 bridgehead atoms. The van der Waals surface area contributed by atoms with Crippen molar-refractivity contribution < 1.29 is 17.6 Å². The quantitative estimate of drug-likeness (QED) is 0.500. The van der Waals surface area contributed by atoms with Crippen molar-refractivity contribution in [1.82, 2.24) is 0 Å². The Morgan fingerprint density at radius 2 is 2.06 bits per heavy atom. The van der Waals surface area contributed by atoms with Gasteiger partial charge in [-0.05, 0) is 24.6 Å². The first kappa shape index (κ1) is 14.3. The van der Waals surface area contributed by atoms with Crippen LogP contribution in [-0.4, -0.2) is 12.5 Å². The van der Waals surface area contributed by atoms with Gasteiger partial charge in [0.2, 0.25) is 0 Å². The minimum atomic E-state index is -4.53. The SMILES string of the molecule is CCCN=C(N)Nc1cc(C(F)(F)F)ccc1F. The number of nitrogens with two attached hydrogens (primary N) is 1. The van der Waals surface area contributed by atoms with E-state index in [0.717, 1.165) is 12.5 Å². The largest absolute Gasteiger partial charge is 0.416 e. The molecule has 0 radical (unpaired) electrons. The Labute approximate surface area is 102 Å². The Morgan fingerprint density at radius 1 is 1.39 bits per heavy atom. The van der Waals surface area contributed by atoms with Crippen LogP contribution in [0.5, 0.6) is 0 Å². The zero-order valence-corrected chi connectivity index (χ0v) is 9.68. The molecule has 0 aliphatic carbocycles. The summed E-state index contributed by atoms with van der Waals surface area (Å²) in [6, 6.07) is 2.06. The van der Waals surface area contributed by atoms with Crippen LogP contribution < -0.4 is 11.1 Å². The summed E-state index contributed by atoms with van der Waals surface area (Å²) in [7, 11) is 0. The van der Waals surface area contributed by atoms with Crippen LogP contribution in [0.25, 0.3) is 0 Å². The molecular weight excluding hydrogens is 250 g/mol. The fraction of sp³-hybridized carbons (Fsp3) is 0.364. The molecule has 0 spiro atoms. The molecule has 0 amide bonds. The Kier molecular flexibility index (Phi) is 4.52. The van der Waals surface area contributed by atoms with Gasteiger partial charge in [0.25, 0.3) is 0 Å². The first-order valence-corrected chi connectivity index (χ1v) is 5.28. The summed E-state index contributed by atoms with van der Waals surface area (Å²) < 4.78 is 50.6. The molecule has 3 N–H and O–H groups in total. The summed E-state index contributed by atoms with van der Waals surface area (Å²) in [6.45, 7) is 2.28. The molecule has 0 fully saturated rings. The lowest BCUT2D eigenvalue weighted by Crippen LogP contribution is -2.23. The van der Waals surface area contributed by atoms with E-state index in [9.17, 15) is 17.6 Å². The van der Waals surface area contributed by atoms with Gasteiger partial charge in [-0.2, -0.15) is 13.2 Å². The van der Waals surface area contributed by atoms with E-state index in [-0.39, 0.29) is 11.6 Å². The number of halogens is 4. The molecule has 18 heavy (non-hydrogen) atoms. The second kappa shape index (κ2) is 5.70. The minimum absolute atomic E-state index is 0.116. The predicted molar refractivity (Wildman–Crippen MR) is 61.8 cm³/mol. The smallest absolute Gasteiger partial charge is 0.370 e. The lowest BCUT2D eigenvalue weighted by Gasteiger charge is -2.11. The topological polar surface area (TPSA) is 50.4 Å². The van der Waals surface area contributed by atoms with Crippen molar-refractivity contribution in [3.8, 4) is 0 Å². The number of alkyl halides is 3. The number of hydrogen-bond donors (Lipinski definition) is 2. The van der Waals surface area contributed by atoms with Crippen LogP contribution in [0.4, 0.5) is 23.2 Å².